The normalized spacial score (nSPS) is 27.7. The molecule has 2 rings (SSSR count). The molecule has 2 fully saturated rings. The van der Waals surface area contributed by atoms with E-state index in [1.54, 1.807) is 0 Å². The molecule has 5 nitrogen and oxygen atoms in total. The van der Waals surface area contributed by atoms with E-state index in [0.29, 0.717) is 0 Å². The van der Waals surface area contributed by atoms with Gasteiger partial charge in [0.05, 0.1) is 13.2 Å². The van der Waals surface area contributed by atoms with Crippen LogP contribution in [0.2, 0.25) is 0 Å². The first-order valence-corrected chi connectivity index (χ1v) is 9.28. The van der Waals surface area contributed by atoms with Crippen LogP contribution in [0.5, 0.6) is 0 Å². The van der Waals surface area contributed by atoms with Crippen LogP contribution in [0.1, 0.15) is 46.5 Å². The number of hydrogen-bond acceptors (Lipinski definition) is 3. The van der Waals surface area contributed by atoms with Crippen LogP contribution in [0.15, 0.2) is 4.99 Å². The lowest BCUT2D eigenvalue weighted by Crippen LogP contribution is -2.56. The molecule has 0 aromatic carbocycles. The zero-order valence-electron chi connectivity index (χ0n) is 15.5. The molecule has 0 bridgehead atoms. The van der Waals surface area contributed by atoms with Gasteiger partial charge in [0.15, 0.2) is 5.96 Å². The Labute approximate surface area is 142 Å². The average Bonchev–Trinajstić information content (AvgIpc) is 2.56. The summed E-state index contributed by atoms with van der Waals surface area (Å²) in [4.78, 5) is 6.89. The summed E-state index contributed by atoms with van der Waals surface area (Å²) in [6.45, 7) is 12.6. The van der Waals surface area contributed by atoms with Gasteiger partial charge in [-0.25, -0.2) is 0 Å². The van der Waals surface area contributed by atoms with Crippen molar-refractivity contribution in [3.05, 3.63) is 0 Å². The average molecular weight is 325 g/mol. The van der Waals surface area contributed by atoms with Crippen molar-refractivity contribution in [1.82, 2.24) is 15.5 Å². The van der Waals surface area contributed by atoms with Crippen molar-refractivity contribution >= 4 is 5.96 Å². The van der Waals surface area contributed by atoms with Crippen LogP contribution in [0.4, 0.5) is 0 Å². The maximum atomic E-state index is 5.46. The molecule has 0 radical (unpaired) electrons. The van der Waals surface area contributed by atoms with Gasteiger partial charge in [0.25, 0.3) is 0 Å². The summed E-state index contributed by atoms with van der Waals surface area (Å²) >= 11 is 0. The highest BCUT2D eigenvalue weighted by Crippen LogP contribution is 2.27. The van der Waals surface area contributed by atoms with Gasteiger partial charge in [-0.3, -0.25) is 9.89 Å². The van der Waals surface area contributed by atoms with Crippen molar-refractivity contribution < 1.29 is 4.74 Å². The fourth-order valence-electron chi connectivity index (χ4n) is 3.79. The highest BCUT2D eigenvalue weighted by Gasteiger charge is 2.28. The molecule has 2 N–H and O–H groups in total. The molecular formula is C18H36N4O. The van der Waals surface area contributed by atoms with Gasteiger partial charge in [-0.05, 0) is 38.5 Å². The fourth-order valence-corrected chi connectivity index (χ4v) is 3.79. The molecular weight excluding hydrogens is 288 g/mol. The van der Waals surface area contributed by atoms with Crippen LogP contribution in [0.25, 0.3) is 0 Å². The molecule has 2 atom stereocenters. The number of guanidine groups is 1. The molecule has 0 aromatic heterocycles. The summed E-state index contributed by atoms with van der Waals surface area (Å²) in [6.07, 6.45) is 5.48. The summed E-state index contributed by atoms with van der Waals surface area (Å²) in [5.74, 6) is 2.61. The predicted octanol–water partition coefficient (Wildman–Crippen LogP) is 2.09. The van der Waals surface area contributed by atoms with Crippen molar-refractivity contribution in [1.29, 1.82) is 0 Å². The minimum atomic E-state index is 0.112. The number of nitrogens with zero attached hydrogens (tertiary/aromatic N) is 2. The Morgan fingerprint density at radius 2 is 1.96 bits per heavy atom. The lowest BCUT2D eigenvalue weighted by atomic mass is 9.82. The summed E-state index contributed by atoms with van der Waals surface area (Å²) in [5.41, 5.74) is 0.112. The van der Waals surface area contributed by atoms with Gasteiger partial charge in [-0.15, -0.1) is 0 Å². The summed E-state index contributed by atoms with van der Waals surface area (Å²) in [6, 6.07) is 0. The van der Waals surface area contributed by atoms with Crippen molar-refractivity contribution in [3.8, 4) is 0 Å². The smallest absolute Gasteiger partial charge is 0.191 e. The van der Waals surface area contributed by atoms with E-state index in [4.69, 9.17) is 4.74 Å². The third-order valence-electron chi connectivity index (χ3n) is 5.38. The van der Waals surface area contributed by atoms with Crippen LogP contribution in [0.3, 0.4) is 0 Å². The van der Waals surface area contributed by atoms with Crippen LogP contribution >= 0.6 is 0 Å². The van der Waals surface area contributed by atoms with Gasteiger partial charge in [0.2, 0.25) is 0 Å². The number of morpholine rings is 1. The van der Waals surface area contributed by atoms with Gasteiger partial charge in [-0.1, -0.05) is 19.8 Å². The van der Waals surface area contributed by atoms with Crippen LogP contribution in [-0.2, 0) is 4.74 Å². The van der Waals surface area contributed by atoms with E-state index in [1.165, 1.54) is 25.7 Å². The Morgan fingerprint density at radius 3 is 2.61 bits per heavy atom. The maximum Gasteiger partial charge on any atom is 0.191 e. The standard InChI is InChI=1S/C18H36N4O/c1-15-6-5-7-16(12-15)13-20-17(19-4)21-14-18(2,3)22-8-10-23-11-9-22/h15-16H,5-14H2,1-4H3,(H2,19,20,21). The van der Waals surface area contributed by atoms with E-state index in [1.807, 2.05) is 7.05 Å². The van der Waals surface area contributed by atoms with Crippen LogP contribution in [-0.4, -0.2) is 62.8 Å². The van der Waals surface area contributed by atoms with E-state index in [0.717, 1.165) is 57.2 Å². The van der Waals surface area contributed by atoms with Gasteiger partial charge in [0.1, 0.15) is 0 Å². The number of nitrogens with one attached hydrogen (secondary N) is 2. The van der Waals surface area contributed by atoms with Crippen molar-refractivity contribution in [2.24, 2.45) is 16.8 Å². The van der Waals surface area contributed by atoms with Crippen LogP contribution < -0.4 is 10.6 Å². The molecule has 0 amide bonds. The molecule has 2 unspecified atom stereocenters. The largest absolute Gasteiger partial charge is 0.379 e. The number of aliphatic imine (C=N–C) groups is 1. The van der Waals surface area contributed by atoms with E-state index >= 15 is 0 Å². The lowest BCUT2D eigenvalue weighted by molar-refractivity contribution is -0.00834. The minimum Gasteiger partial charge on any atom is -0.379 e. The van der Waals surface area contributed by atoms with Crippen molar-refractivity contribution in [2.75, 3.05) is 46.4 Å². The molecule has 1 aliphatic heterocycles. The van der Waals surface area contributed by atoms with Gasteiger partial charge < -0.3 is 15.4 Å². The molecule has 1 aliphatic carbocycles. The Balaban J connectivity index is 1.73. The first kappa shape index (κ1) is 18.5. The molecule has 23 heavy (non-hydrogen) atoms. The maximum absolute atomic E-state index is 5.46. The van der Waals surface area contributed by atoms with Crippen LogP contribution in [0, 0.1) is 11.8 Å². The monoisotopic (exact) mass is 324 g/mol. The number of ether oxygens (including phenoxy) is 1. The predicted molar refractivity (Wildman–Crippen MR) is 97.0 cm³/mol. The van der Waals surface area contributed by atoms with E-state index in [9.17, 15) is 0 Å². The third kappa shape index (κ3) is 5.96. The highest BCUT2D eigenvalue weighted by atomic mass is 16.5. The van der Waals surface area contributed by atoms with E-state index in [2.05, 4.69) is 41.3 Å². The Bertz CT molecular complexity index is 377. The second kappa shape index (κ2) is 8.88. The Kier molecular flexibility index (Phi) is 7.15. The topological polar surface area (TPSA) is 48.9 Å². The summed E-state index contributed by atoms with van der Waals surface area (Å²) in [7, 11) is 1.86. The van der Waals surface area contributed by atoms with E-state index < -0.39 is 0 Å². The molecule has 2 aliphatic rings. The molecule has 0 spiro atoms. The first-order valence-electron chi connectivity index (χ1n) is 9.28. The highest BCUT2D eigenvalue weighted by molar-refractivity contribution is 5.79. The minimum absolute atomic E-state index is 0.112. The fraction of sp³-hybridized carbons (Fsp3) is 0.944. The molecule has 1 saturated heterocycles. The van der Waals surface area contributed by atoms with Crippen molar-refractivity contribution in [3.63, 3.8) is 0 Å². The Morgan fingerprint density at radius 1 is 1.22 bits per heavy atom. The van der Waals surface area contributed by atoms with Crippen molar-refractivity contribution in [2.45, 2.75) is 52.0 Å². The second-order valence-corrected chi connectivity index (χ2v) is 7.86. The van der Waals surface area contributed by atoms with Gasteiger partial charge in [-0.2, -0.15) is 0 Å². The molecule has 5 heteroatoms. The quantitative estimate of drug-likeness (QED) is 0.600. The first-order chi connectivity index (χ1) is 11.0. The number of rotatable bonds is 5. The number of hydrogen-bond donors (Lipinski definition) is 2. The molecule has 0 aromatic rings. The summed E-state index contributed by atoms with van der Waals surface area (Å²) in [5, 5.41) is 7.05. The zero-order chi connectivity index (χ0) is 16.7. The summed E-state index contributed by atoms with van der Waals surface area (Å²) < 4.78 is 5.46. The van der Waals surface area contributed by atoms with E-state index in [-0.39, 0.29) is 5.54 Å². The van der Waals surface area contributed by atoms with Gasteiger partial charge in [0, 0.05) is 38.8 Å². The second-order valence-electron chi connectivity index (χ2n) is 7.86. The van der Waals surface area contributed by atoms with Gasteiger partial charge >= 0.3 is 0 Å². The lowest BCUT2D eigenvalue weighted by Gasteiger charge is -2.41. The molecule has 134 valence electrons. The SMILES string of the molecule is CN=C(NCC1CCCC(C)C1)NCC(C)(C)N1CCOCC1. The molecule has 1 saturated carbocycles. The third-order valence-corrected chi connectivity index (χ3v) is 5.38. The Hall–Kier alpha value is -0.810. The molecule has 1 heterocycles. The zero-order valence-corrected chi connectivity index (χ0v) is 15.5.